The number of nitrogens with one attached hydrogen (secondary N) is 1. The smallest absolute Gasteiger partial charge is 0.221 e. The van der Waals surface area contributed by atoms with Crippen LogP contribution in [-0.2, 0) is 14.6 Å². The molecule has 0 saturated carbocycles. The Morgan fingerprint density at radius 2 is 1.71 bits per heavy atom. The van der Waals surface area contributed by atoms with Crippen molar-refractivity contribution in [2.45, 2.75) is 11.3 Å². The van der Waals surface area contributed by atoms with E-state index in [4.69, 9.17) is 0 Å². The van der Waals surface area contributed by atoms with E-state index in [-0.39, 0.29) is 35.3 Å². The number of hydrogen-bond donors (Lipinski definition) is 1. The summed E-state index contributed by atoms with van der Waals surface area (Å²) in [6.07, 6.45) is -0.130. The summed E-state index contributed by atoms with van der Waals surface area (Å²) < 4.78 is 36.8. The van der Waals surface area contributed by atoms with Crippen molar-refractivity contribution in [3.8, 4) is 11.8 Å². The van der Waals surface area contributed by atoms with Crippen LogP contribution in [0.5, 0.6) is 0 Å². The highest BCUT2D eigenvalue weighted by atomic mass is 32.2. The third kappa shape index (κ3) is 5.52. The summed E-state index contributed by atoms with van der Waals surface area (Å²) in [4.78, 5) is 11.9. The highest BCUT2D eigenvalue weighted by Gasteiger charge is 2.15. The molecule has 2 aromatic carbocycles. The van der Waals surface area contributed by atoms with Gasteiger partial charge < -0.3 is 5.32 Å². The lowest BCUT2D eigenvalue weighted by atomic mass is 10.2. The molecule has 124 valence electrons. The Bertz CT molecular complexity index is 851. The molecule has 0 bridgehead atoms. The number of carbonyl (C=O) groups excluding carboxylic acids is 1. The van der Waals surface area contributed by atoms with Gasteiger partial charge in [0, 0.05) is 12.0 Å². The number of rotatable bonds is 5. The maximum absolute atomic E-state index is 12.7. The Labute approximate surface area is 140 Å². The largest absolute Gasteiger partial charge is 0.345 e. The van der Waals surface area contributed by atoms with Gasteiger partial charge in [0.25, 0.3) is 0 Å². The number of halogens is 1. The summed E-state index contributed by atoms with van der Waals surface area (Å²) in [5, 5.41) is 2.54. The van der Waals surface area contributed by atoms with Crippen LogP contribution in [0.2, 0.25) is 0 Å². The topological polar surface area (TPSA) is 63.2 Å². The fraction of sp³-hybridized carbons (Fsp3) is 0.167. The summed E-state index contributed by atoms with van der Waals surface area (Å²) in [6.45, 7) is 0.0988. The second-order valence-electron chi connectivity index (χ2n) is 4.97. The second-order valence-corrected chi connectivity index (χ2v) is 7.08. The number of benzene rings is 2. The van der Waals surface area contributed by atoms with Gasteiger partial charge in [0.1, 0.15) is 5.82 Å². The molecule has 0 aliphatic rings. The van der Waals surface area contributed by atoms with Crippen LogP contribution < -0.4 is 5.32 Å². The first-order valence-electron chi connectivity index (χ1n) is 7.26. The summed E-state index contributed by atoms with van der Waals surface area (Å²) in [7, 11) is -3.47. The van der Waals surface area contributed by atoms with Crippen molar-refractivity contribution in [3.63, 3.8) is 0 Å². The van der Waals surface area contributed by atoms with E-state index in [0.29, 0.717) is 5.56 Å². The fourth-order valence-corrected chi connectivity index (χ4v) is 3.15. The zero-order chi connectivity index (χ0) is 17.4. The lowest BCUT2D eigenvalue weighted by Crippen LogP contribution is -2.25. The van der Waals surface area contributed by atoms with Crippen LogP contribution in [0.3, 0.4) is 0 Å². The van der Waals surface area contributed by atoms with Gasteiger partial charge in [0.15, 0.2) is 9.84 Å². The summed E-state index contributed by atoms with van der Waals surface area (Å²) in [5.74, 6) is 4.52. The van der Waals surface area contributed by atoms with Gasteiger partial charge in [-0.25, -0.2) is 12.8 Å². The molecule has 0 aliphatic heterocycles. The molecule has 0 unspecified atom stereocenters. The van der Waals surface area contributed by atoms with Crippen LogP contribution in [0.4, 0.5) is 4.39 Å². The van der Waals surface area contributed by atoms with Crippen LogP contribution in [0, 0.1) is 17.7 Å². The minimum atomic E-state index is -3.47. The zero-order valence-corrected chi connectivity index (χ0v) is 13.6. The molecular formula is C18H16FNO3S. The Morgan fingerprint density at radius 3 is 2.38 bits per heavy atom. The van der Waals surface area contributed by atoms with Crippen molar-refractivity contribution in [2.24, 2.45) is 0 Å². The Kier molecular flexibility index (Phi) is 6.10. The third-order valence-electron chi connectivity index (χ3n) is 3.15. The van der Waals surface area contributed by atoms with Gasteiger partial charge in [0.05, 0.1) is 17.2 Å². The third-order valence-corrected chi connectivity index (χ3v) is 4.88. The van der Waals surface area contributed by atoms with E-state index in [2.05, 4.69) is 17.2 Å². The predicted molar refractivity (Wildman–Crippen MR) is 89.4 cm³/mol. The molecule has 2 rings (SSSR count). The number of carbonyl (C=O) groups is 1. The lowest BCUT2D eigenvalue weighted by Gasteiger charge is -2.04. The molecule has 0 spiro atoms. The number of sulfone groups is 1. The normalized spacial score (nSPS) is 10.5. The van der Waals surface area contributed by atoms with Gasteiger partial charge in [-0.3, -0.25) is 4.79 Å². The zero-order valence-electron chi connectivity index (χ0n) is 12.8. The van der Waals surface area contributed by atoms with Crippen molar-refractivity contribution >= 4 is 15.7 Å². The molecule has 0 atom stereocenters. The maximum atomic E-state index is 12.7. The van der Waals surface area contributed by atoms with Crippen molar-refractivity contribution in [1.29, 1.82) is 0 Å². The molecule has 1 N–H and O–H groups in total. The minimum Gasteiger partial charge on any atom is -0.345 e. The Balaban J connectivity index is 1.79. The second kappa shape index (κ2) is 8.27. The molecule has 0 saturated heterocycles. The van der Waals surface area contributed by atoms with Crippen LogP contribution in [0.25, 0.3) is 0 Å². The lowest BCUT2D eigenvalue weighted by molar-refractivity contribution is -0.120. The van der Waals surface area contributed by atoms with Crippen molar-refractivity contribution in [1.82, 2.24) is 5.32 Å². The first-order valence-corrected chi connectivity index (χ1v) is 8.91. The summed E-state index contributed by atoms with van der Waals surface area (Å²) >= 11 is 0. The van der Waals surface area contributed by atoms with Gasteiger partial charge in [-0.05, 0) is 36.4 Å². The molecule has 0 aromatic heterocycles. The first-order chi connectivity index (χ1) is 11.5. The fourth-order valence-electron chi connectivity index (χ4n) is 1.88. The van der Waals surface area contributed by atoms with Gasteiger partial charge in [-0.1, -0.05) is 30.0 Å². The molecular weight excluding hydrogens is 329 g/mol. The van der Waals surface area contributed by atoms with Crippen molar-refractivity contribution in [2.75, 3.05) is 12.3 Å². The van der Waals surface area contributed by atoms with E-state index in [9.17, 15) is 17.6 Å². The number of hydrogen-bond acceptors (Lipinski definition) is 3. The van der Waals surface area contributed by atoms with Crippen LogP contribution in [-0.4, -0.2) is 26.6 Å². The summed E-state index contributed by atoms with van der Waals surface area (Å²) in [6, 6.07) is 13.7. The standard InChI is InChI=1S/C18H16FNO3S/c19-16-10-8-15(9-11-16)5-4-13-20-18(21)12-14-24(22,23)17-6-2-1-3-7-17/h1-3,6-11H,12-14H2,(H,20,21). The van der Waals surface area contributed by atoms with Gasteiger partial charge in [-0.15, -0.1) is 0 Å². The Morgan fingerprint density at radius 1 is 1.04 bits per heavy atom. The van der Waals surface area contributed by atoms with Crippen LogP contribution in [0.15, 0.2) is 59.5 Å². The Hall–Kier alpha value is -2.65. The molecule has 0 heterocycles. The monoisotopic (exact) mass is 345 g/mol. The average molecular weight is 345 g/mol. The van der Waals surface area contributed by atoms with Gasteiger partial charge in [-0.2, -0.15) is 0 Å². The minimum absolute atomic E-state index is 0.0988. The molecule has 0 aliphatic carbocycles. The van der Waals surface area contributed by atoms with Gasteiger partial charge in [0.2, 0.25) is 5.91 Å². The predicted octanol–water partition coefficient (Wildman–Crippen LogP) is 2.16. The van der Waals surface area contributed by atoms with E-state index in [1.807, 2.05) is 0 Å². The highest BCUT2D eigenvalue weighted by molar-refractivity contribution is 7.91. The molecule has 4 nitrogen and oxygen atoms in total. The van der Waals surface area contributed by atoms with E-state index < -0.39 is 9.84 Å². The summed E-state index contributed by atoms with van der Waals surface area (Å²) in [5.41, 5.74) is 0.636. The van der Waals surface area contributed by atoms with E-state index in [1.165, 1.54) is 36.4 Å². The average Bonchev–Trinajstić information content (AvgIpc) is 2.59. The van der Waals surface area contributed by atoms with Crippen molar-refractivity contribution < 1.29 is 17.6 Å². The quantitative estimate of drug-likeness (QED) is 0.845. The molecule has 6 heteroatoms. The van der Waals surface area contributed by atoms with Crippen LogP contribution in [0.1, 0.15) is 12.0 Å². The van der Waals surface area contributed by atoms with Gasteiger partial charge >= 0.3 is 0 Å². The van der Waals surface area contributed by atoms with E-state index in [1.54, 1.807) is 18.2 Å². The molecule has 1 amide bonds. The van der Waals surface area contributed by atoms with Crippen LogP contribution >= 0.6 is 0 Å². The highest BCUT2D eigenvalue weighted by Crippen LogP contribution is 2.10. The van der Waals surface area contributed by atoms with E-state index >= 15 is 0 Å². The SMILES string of the molecule is O=C(CCS(=O)(=O)c1ccccc1)NCC#Cc1ccc(F)cc1. The number of amides is 1. The van der Waals surface area contributed by atoms with E-state index in [0.717, 1.165) is 0 Å². The molecule has 24 heavy (non-hydrogen) atoms. The maximum Gasteiger partial charge on any atom is 0.221 e. The first kappa shape index (κ1) is 17.7. The molecule has 0 radical (unpaired) electrons. The van der Waals surface area contributed by atoms with Crippen molar-refractivity contribution in [3.05, 3.63) is 66.0 Å². The molecule has 0 fully saturated rings. The molecule has 2 aromatic rings.